The molecule has 0 aliphatic rings. The maximum atomic E-state index is 4.81. The molecule has 0 atom stereocenters. The first-order valence-corrected chi connectivity index (χ1v) is 6.34. The summed E-state index contributed by atoms with van der Waals surface area (Å²) in [5.41, 5.74) is 3.58. The first-order chi connectivity index (χ1) is 7.99. The van der Waals surface area contributed by atoms with E-state index >= 15 is 0 Å². The van der Waals surface area contributed by atoms with Crippen LogP contribution in [0.2, 0.25) is 0 Å². The van der Waals surface area contributed by atoms with Crippen LogP contribution >= 0.6 is 0 Å². The van der Waals surface area contributed by atoms with Crippen LogP contribution in [0.15, 0.2) is 12.4 Å². The molecule has 0 aromatic carbocycles. The third-order valence-corrected chi connectivity index (χ3v) is 3.07. The summed E-state index contributed by atoms with van der Waals surface area (Å²) in [6, 6.07) is 0. The fourth-order valence-corrected chi connectivity index (χ4v) is 2.20. The molecule has 0 unspecified atom stereocenters. The van der Waals surface area contributed by atoms with Gasteiger partial charge in [-0.1, -0.05) is 34.6 Å². The molecule has 0 aliphatic carbocycles. The van der Waals surface area contributed by atoms with Crippen molar-refractivity contribution < 1.29 is 0 Å². The molecule has 0 saturated heterocycles. The van der Waals surface area contributed by atoms with E-state index in [4.69, 9.17) is 4.98 Å². The van der Waals surface area contributed by atoms with E-state index in [9.17, 15) is 0 Å². The lowest BCUT2D eigenvalue weighted by Gasteiger charge is -2.16. The Balaban J connectivity index is 2.84. The van der Waals surface area contributed by atoms with Gasteiger partial charge in [-0.2, -0.15) is 0 Å². The van der Waals surface area contributed by atoms with Crippen molar-refractivity contribution in [3.05, 3.63) is 29.6 Å². The van der Waals surface area contributed by atoms with E-state index in [0.717, 1.165) is 24.4 Å². The Bertz CT molecular complexity index is 532. The summed E-state index contributed by atoms with van der Waals surface area (Å²) >= 11 is 0. The third-order valence-electron chi connectivity index (χ3n) is 3.07. The molecule has 0 radical (unpaired) electrons. The van der Waals surface area contributed by atoms with Crippen molar-refractivity contribution in [3.8, 4) is 0 Å². The van der Waals surface area contributed by atoms with Crippen molar-refractivity contribution in [1.29, 1.82) is 0 Å². The predicted octanol–water partition coefficient (Wildman–Crippen LogP) is 3.15. The molecule has 2 aromatic heterocycles. The van der Waals surface area contributed by atoms with E-state index in [1.54, 1.807) is 0 Å². The van der Waals surface area contributed by atoms with Gasteiger partial charge in [-0.3, -0.25) is 4.98 Å². The van der Waals surface area contributed by atoms with Crippen LogP contribution in [0.25, 0.3) is 5.52 Å². The zero-order chi connectivity index (χ0) is 12.6. The standard InChI is InChI=1S/C14H21N3/c1-6-10-12-13(14(3,4)5)16-11(7-2)17(12)9-8-15-10/h8-9H,6-7H2,1-5H3. The minimum absolute atomic E-state index is 0.0611. The van der Waals surface area contributed by atoms with Crippen molar-refractivity contribution in [2.45, 2.75) is 52.9 Å². The second-order valence-electron chi connectivity index (χ2n) is 5.43. The molecule has 3 heteroatoms. The first kappa shape index (κ1) is 12.1. The van der Waals surface area contributed by atoms with Crippen LogP contribution in [0.4, 0.5) is 0 Å². The van der Waals surface area contributed by atoms with Gasteiger partial charge in [0.2, 0.25) is 0 Å². The lowest BCUT2D eigenvalue weighted by molar-refractivity contribution is 0.575. The molecular formula is C14H21N3. The second kappa shape index (κ2) is 4.13. The fraction of sp³-hybridized carbons (Fsp3) is 0.571. The summed E-state index contributed by atoms with van der Waals surface area (Å²) in [4.78, 5) is 9.30. The SMILES string of the molecule is CCc1nccn2c(CC)nc(C(C)(C)C)c12. The summed E-state index contributed by atoms with van der Waals surface area (Å²) in [7, 11) is 0. The average molecular weight is 231 g/mol. The molecular weight excluding hydrogens is 210 g/mol. The molecule has 0 fully saturated rings. The van der Waals surface area contributed by atoms with Crippen molar-refractivity contribution in [2.24, 2.45) is 0 Å². The van der Waals surface area contributed by atoms with E-state index in [2.05, 4.69) is 44.0 Å². The quantitative estimate of drug-likeness (QED) is 0.794. The van der Waals surface area contributed by atoms with Gasteiger partial charge in [0.1, 0.15) is 5.82 Å². The third kappa shape index (κ3) is 1.94. The lowest BCUT2D eigenvalue weighted by Crippen LogP contribution is -2.13. The van der Waals surface area contributed by atoms with Crippen LogP contribution in [0, 0.1) is 0 Å². The van der Waals surface area contributed by atoms with E-state index in [0.29, 0.717) is 0 Å². The summed E-state index contributed by atoms with van der Waals surface area (Å²) in [6.45, 7) is 10.9. The number of nitrogens with zero attached hydrogens (tertiary/aromatic N) is 3. The van der Waals surface area contributed by atoms with Gasteiger partial charge in [-0.25, -0.2) is 4.98 Å². The van der Waals surface area contributed by atoms with Gasteiger partial charge in [0.05, 0.1) is 16.9 Å². The minimum Gasteiger partial charge on any atom is -0.300 e. The normalized spacial score (nSPS) is 12.3. The van der Waals surface area contributed by atoms with Crippen LogP contribution in [0.1, 0.15) is 51.8 Å². The van der Waals surface area contributed by atoms with Crippen LogP contribution in [-0.2, 0) is 18.3 Å². The molecule has 3 nitrogen and oxygen atoms in total. The molecule has 0 saturated carbocycles. The molecule has 92 valence electrons. The monoisotopic (exact) mass is 231 g/mol. The van der Waals surface area contributed by atoms with Crippen LogP contribution in [0.5, 0.6) is 0 Å². The Morgan fingerprint density at radius 2 is 1.88 bits per heavy atom. The van der Waals surface area contributed by atoms with E-state index < -0.39 is 0 Å². The topological polar surface area (TPSA) is 30.2 Å². The Morgan fingerprint density at radius 3 is 2.41 bits per heavy atom. The number of hydrogen-bond donors (Lipinski definition) is 0. The number of fused-ring (bicyclic) bond motifs is 1. The number of aromatic nitrogens is 3. The summed E-state index contributed by atoms with van der Waals surface area (Å²) < 4.78 is 2.20. The van der Waals surface area contributed by atoms with Crippen molar-refractivity contribution >= 4 is 5.52 Å². The number of aryl methyl sites for hydroxylation is 2. The highest BCUT2D eigenvalue weighted by molar-refractivity contribution is 5.59. The van der Waals surface area contributed by atoms with Gasteiger partial charge in [-0.15, -0.1) is 0 Å². The highest BCUT2D eigenvalue weighted by Crippen LogP contribution is 2.28. The fourth-order valence-electron chi connectivity index (χ4n) is 2.20. The van der Waals surface area contributed by atoms with Crippen LogP contribution in [0.3, 0.4) is 0 Å². The Labute approximate surface area is 103 Å². The molecule has 17 heavy (non-hydrogen) atoms. The van der Waals surface area contributed by atoms with Crippen molar-refractivity contribution in [3.63, 3.8) is 0 Å². The van der Waals surface area contributed by atoms with Crippen molar-refractivity contribution in [1.82, 2.24) is 14.4 Å². The van der Waals surface area contributed by atoms with Crippen LogP contribution in [-0.4, -0.2) is 14.4 Å². The molecule has 0 aliphatic heterocycles. The Kier molecular flexibility index (Phi) is 2.94. The van der Waals surface area contributed by atoms with Gasteiger partial charge in [-0.05, 0) is 6.42 Å². The molecule has 2 rings (SSSR count). The zero-order valence-electron chi connectivity index (χ0n) is 11.4. The van der Waals surface area contributed by atoms with Gasteiger partial charge < -0.3 is 4.40 Å². The summed E-state index contributed by atoms with van der Waals surface area (Å²) in [5, 5.41) is 0. The van der Waals surface area contributed by atoms with Gasteiger partial charge in [0, 0.05) is 24.2 Å². The Morgan fingerprint density at radius 1 is 1.18 bits per heavy atom. The maximum absolute atomic E-state index is 4.81. The van der Waals surface area contributed by atoms with Gasteiger partial charge in [0.15, 0.2) is 0 Å². The number of rotatable bonds is 2. The molecule has 2 heterocycles. The second-order valence-corrected chi connectivity index (χ2v) is 5.43. The zero-order valence-corrected chi connectivity index (χ0v) is 11.4. The van der Waals surface area contributed by atoms with E-state index in [1.165, 1.54) is 11.2 Å². The molecule has 0 N–H and O–H groups in total. The van der Waals surface area contributed by atoms with Crippen molar-refractivity contribution in [2.75, 3.05) is 0 Å². The highest BCUT2D eigenvalue weighted by Gasteiger charge is 2.23. The minimum atomic E-state index is 0.0611. The highest BCUT2D eigenvalue weighted by atomic mass is 15.0. The number of hydrogen-bond acceptors (Lipinski definition) is 2. The Hall–Kier alpha value is -1.38. The first-order valence-electron chi connectivity index (χ1n) is 6.34. The lowest BCUT2D eigenvalue weighted by atomic mass is 9.91. The summed E-state index contributed by atoms with van der Waals surface area (Å²) in [6.07, 6.45) is 5.79. The van der Waals surface area contributed by atoms with Gasteiger partial charge >= 0.3 is 0 Å². The van der Waals surface area contributed by atoms with E-state index in [-0.39, 0.29) is 5.41 Å². The smallest absolute Gasteiger partial charge is 0.113 e. The average Bonchev–Trinajstić information content (AvgIpc) is 2.67. The maximum Gasteiger partial charge on any atom is 0.113 e. The largest absolute Gasteiger partial charge is 0.300 e. The summed E-state index contributed by atoms with van der Waals surface area (Å²) in [5.74, 6) is 1.13. The number of imidazole rings is 1. The van der Waals surface area contributed by atoms with Gasteiger partial charge in [0.25, 0.3) is 0 Å². The molecule has 0 spiro atoms. The van der Waals surface area contributed by atoms with Crippen LogP contribution < -0.4 is 0 Å². The predicted molar refractivity (Wildman–Crippen MR) is 70.4 cm³/mol. The molecule has 0 amide bonds. The van der Waals surface area contributed by atoms with E-state index in [1.807, 2.05) is 12.4 Å². The molecule has 0 bridgehead atoms. The molecule has 2 aromatic rings.